The van der Waals surface area contributed by atoms with Crippen molar-refractivity contribution in [1.29, 1.82) is 0 Å². The number of ether oxygens (including phenoxy) is 1. The number of nitrogens with one attached hydrogen (secondary N) is 2. The van der Waals surface area contributed by atoms with Crippen molar-refractivity contribution < 1.29 is 22.7 Å². The van der Waals surface area contributed by atoms with Crippen LogP contribution in [0.4, 0.5) is 0 Å². The Kier molecular flexibility index (Phi) is 9.87. The van der Waals surface area contributed by atoms with E-state index in [9.17, 15) is 18.0 Å². The molecule has 0 unspecified atom stereocenters. The summed E-state index contributed by atoms with van der Waals surface area (Å²) in [4.78, 5) is 27.3. The number of hydrogen-bond donors (Lipinski definition) is 2. The van der Waals surface area contributed by atoms with Crippen LogP contribution in [0.1, 0.15) is 38.3 Å². The Bertz CT molecular complexity index is 1020. The number of sulfonamides is 1. The summed E-state index contributed by atoms with van der Waals surface area (Å²) in [6, 6.07) is 13.2. The van der Waals surface area contributed by atoms with Crippen molar-refractivity contribution >= 4 is 21.8 Å². The molecule has 2 amide bonds. The van der Waals surface area contributed by atoms with Gasteiger partial charge in [0.15, 0.2) is 0 Å². The summed E-state index contributed by atoms with van der Waals surface area (Å²) in [5.41, 5.74) is 1.73. The van der Waals surface area contributed by atoms with Gasteiger partial charge in [0.05, 0.1) is 12.0 Å². The molecule has 0 saturated heterocycles. The molecule has 0 spiro atoms. The van der Waals surface area contributed by atoms with Crippen LogP contribution in [0, 0.1) is 0 Å². The van der Waals surface area contributed by atoms with Crippen LogP contribution in [0.2, 0.25) is 0 Å². The van der Waals surface area contributed by atoms with Crippen molar-refractivity contribution in [2.45, 2.75) is 51.1 Å². The minimum absolute atomic E-state index is 0.158. The summed E-state index contributed by atoms with van der Waals surface area (Å²) in [6.45, 7) is 6.35. The molecule has 2 aromatic rings. The minimum Gasteiger partial charge on any atom is -0.497 e. The zero-order valence-electron chi connectivity index (χ0n) is 19.6. The number of rotatable bonds is 12. The van der Waals surface area contributed by atoms with Gasteiger partial charge in [0, 0.05) is 26.1 Å². The fourth-order valence-electron chi connectivity index (χ4n) is 3.34. The van der Waals surface area contributed by atoms with Crippen LogP contribution in [0.3, 0.4) is 0 Å². The summed E-state index contributed by atoms with van der Waals surface area (Å²) in [5, 5.41) is 2.77. The molecule has 0 aliphatic heterocycles. The number of aryl methyl sites for hydroxylation is 1. The largest absolute Gasteiger partial charge is 0.497 e. The van der Waals surface area contributed by atoms with E-state index in [-0.39, 0.29) is 23.1 Å². The number of carbonyl (C=O) groups excluding carboxylic acids is 2. The molecule has 0 heterocycles. The fraction of sp³-hybridized carbons (Fsp3) is 0.417. The van der Waals surface area contributed by atoms with Gasteiger partial charge in [0.25, 0.3) is 0 Å². The molecule has 180 valence electrons. The maximum Gasteiger partial charge on any atom is 0.242 e. The smallest absolute Gasteiger partial charge is 0.242 e. The Labute approximate surface area is 196 Å². The molecule has 2 aromatic carbocycles. The van der Waals surface area contributed by atoms with Gasteiger partial charge in [-0.15, -0.1) is 0 Å². The van der Waals surface area contributed by atoms with Crippen LogP contribution >= 0.6 is 0 Å². The molecule has 1 atom stereocenters. The van der Waals surface area contributed by atoms with E-state index in [0.717, 1.165) is 11.1 Å². The Morgan fingerprint density at radius 1 is 0.970 bits per heavy atom. The molecule has 9 heteroatoms. The van der Waals surface area contributed by atoms with Crippen LogP contribution in [0.25, 0.3) is 0 Å². The number of likely N-dealkylation sites (N-methyl/N-ethyl adjacent to an activating group) is 1. The van der Waals surface area contributed by atoms with Gasteiger partial charge in [-0.3, -0.25) is 9.59 Å². The predicted molar refractivity (Wildman–Crippen MR) is 127 cm³/mol. The highest BCUT2D eigenvalue weighted by molar-refractivity contribution is 7.89. The number of nitrogens with zero attached hydrogens (tertiary/aromatic N) is 1. The summed E-state index contributed by atoms with van der Waals surface area (Å²) in [7, 11) is -1.93. The predicted octanol–water partition coefficient (Wildman–Crippen LogP) is 2.48. The molecule has 0 aromatic heterocycles. The van der Waals surface area contributed by atoms with Crippen molar-refractivity contribution in [3.8, 4) is 5.75 Å². The third kappa shape index (κ3) is 7.57. The molecule has 0 saturated carbocycles. The lowest BCUT2D eigenvalue weighted by Gasteiger charge is -2.29. The SMILES string of the molecule is CCNC(=O)[C@@H](C)N(Cc1ccc(OC)cc1)C(=O)CCc1ccc(S(=O)(=O)NCC)cc1. The molecule has 2 N–H and O–H groups in total. The van der Waals surface area contributed by atoms with Crippen LogP contribution in [-0.4, -0.2) is 51.4 Å². The van der Waals surface area contributed by atoms with Gasteiger partial charge in [-0.1, -0.05) is 31.2 Å². The van der Waals surface area contributed by atoms with Crippen LogP contribution in [0.5, 0.6) is 5.75 Å². The molecule has 8 nitrogen and oxygen atoms in total. The summed E-state index contributed by atoms with van der Waals surface area (Å²) < 4.78 is 31.8. The van der Waals surface area contributed by atoms with Crippen LogP contribution in [-0.2, 0) is 32.6 Å². The van der Waals surface area contributed by atoms with Gasteiger partial charge < -0.3 is 15.0 Å². The van der Waals surface area contributed by atoms with E-state index in [4.69, 9.17) is 4.74 Å². The van der Waals surface area contributed by atoms with Gasteiger partial charge in [-0.05, 0) is 55.7 Å². The summed E-state index contributed by atoms with van der Waals surface area (Å²) in [6.07, 6.45) is 0.626. The van der Waals surface area contributed by atoms with E-state index in [1.54, 1.807) is 38.0 Å². The fourth-order valence-corrected chi connectivity index (χ4v) is 4.38. The Morgan fingerprint density at radius 2 is 1.58 bits per heavy atom. The van der Waals surface area contributed by atoms with Gasteiger partial charge in [0.1, 0.15) is 11.8 Å². The monoisotopic (exact) mass is 475 g/mol. The van der Waals surface area contributed by atoms with Crippen molar-refractivity contribution in [2.75, 3.05) is 20.2 Å². The van der Waals surface area contributed by atoms with E-state index < -0.39 is 16.1 Å². The molecule has 33 heavy (non-hydrogen) atoms. The van der Waals surface area contributed by atoms with E-state index in [2.05, 4.69) is 10.0 Å². The highest BCUT2D eigenvalue weighted by Gasteiger charge is 2.25. The second-order valence-corrected chi connectivity index (χ2v) is 9.35. The normalized spacial score (nSPS) is 12.1. The number of amides is 2. The van der Waals surface area contributed by atoms with Crippen molar-refractivity contribution in [3.63, 3.8) is 0 Å². The molecular weight excluding hydrogens is 442 g/mol. The molecular formula is C24H33N3O5S. The molecule has 0 aliphatic carbocycles. The summed E-state index contributed by atoms with van der Waals surface area (Å²) in [5.74, 6) is 0.347. The first-order valence-electron chi connectivity index (χ1n) is 11.0. The lowest BCUT2D eigenvalue weighted by Crippen LogP contribution is -2.47. The van der Waals surface area contributed by atoms with Gasteiger partial charge in [0.2, 0.25) is 21.8 Å². The van der Waals surface area contributed by atoms with Crippen LogP contribution in [0.15, 0.2) is 53.4 Å². The minimum atomic E-state index is -3.52. The lowest BCUT2D eigenvalue weighted by molar-refractivity contribution is -0.140. The molecule has 0 aliphatic rings. The van der Waals surface area contributed by atoms with E-state index in [0.29, 0.717) is 31.8 Å². The van der Waals surface area contributed by atoms with E-state index in [1.807, 2.05) is 31.2 Å². The molecule has 2 rings (SSSR count). The lowest BCUT2D eigenvalue weighted by atomic mass is 10.1. The first-order chi connectivity index (χ1) is 15.7. The van der Waals surface area contributed by atoms with Gasteiger partial charge >= 0.3 is 0 Å². The average Bonchev–Trinajstić information content (AvgIpc) is 2.81. The third-order valence-corrected chi connectivity index (χ3v) is 6.79. The summed E-state index contributed by atoms with van der Waals surface area (Å²) >= 11 is 0. The topological polar surface area (TPSA) is 105 Å². The van der Waals surface area contributed by atoms with Crippen molar-refractivity contribution in [3.05, 3.63) is 59.7 Å². The molecule has 0 radical (unpaired) electrons. The van der Waals surface area contributed by atoms with E-state index in [1.165, 1.54) is 12.1 Å². The number of hydrogen-bond acceptors (Lipinski definition) is 5. The zero-order chi connectivity index (χ0) is 24.4. The Hall–Kier alpha value is -2.91. The second-order valence-electron chi connectivity index (χ2n) is 7.59. The standard InChI is InChI=1S/C24H33N3O5S/c1-5-25-24(29)18(3)27(17-20-7-12-21(32-4)13-8-20)23(28)16-11-19-9-14-22(15-10-19)33(30,31)26-6-2/h7-10,12-15,18,26H,5-6,11,16-17H2,1-4H3,(H,25,29)/t18-/m1/s1. The first-order valence-corrected chi connectivity index (χ1v) is 12.5. The third-order valence-electron chi connectivity index (χ3n) is 5.23. The Balaban J connectivity index is 2.12. The van der Waals surface area contributed by atoms with Crippen LogP contribution < -0.4 is 14.8 Å². The number of methoxy groups -OCH3 is 1. The maximum atomic E-state index is 13.1. The average molecular weight is 476 g/mol. The van der Waals surface area contributed by atoms with Gasteiger partial charge in [-0.2, -0.15) is 0 Å². The highest BCUT2D eigenvalue weighted by Crippen LogP contribution is 2.17. The number of benzene rings is 2. The van der Waals surface area contributed by atoms with E-state index >= 15 is 0 Å². The van der Waals surface area contributed by atoms with Crippen molar-refractivity contribution in [2.24, 2.45) is 0 Å². The Morgan fingerprint density at radius 3 is 2.12 bits per heavy atom. The molecule has 0 fully saturated rings. The first kappa shape index (κ1) is 26.3. The quantitative estimate of drug-likeness (QED) is 0.491. The van der Waals surface area contributed by atoms with Crippen molar-refractivity contribution in [1.82, 2.24) is 14.9 Å². The zero-order valence-corrected chi connectivity index (χ0v) is 20.4. The second kappa shape index (κ2) is 12.4. The number of carbonyl (C=O) groups is 2. The maximum absolute atomic E-state index is 13.1. The highest BCUT2D eigenvalue weighted by atomic mass is 32.2. The van der Waals surface area contributed by atoms with Gasteiger partial charge in [-0.25, -0.2) is 13.1 Å². The molecule has 0 bridgehead atoms.